The number of nitrogens with zero attached hydrogens (tertiary/aromatic N) is 4. The molecule has 6 nitrogen and oxygen atoms in total. The molecule has 0 radical (unpaired) electrons. The highest BCUT2D eigenvalue weighted by Crippen LogP contribution is 2.30. The molecule has 2 atom stereocenters. The van der Waals surface area contributed by atoms with E-state index in [4.69, 9.17) is 4.98 Å². The van der Waals surface area contributed by atoms with Crippen LogP contribution in [0.1, 0.15) is 51.4 Å². The number of carbonyl (C=O) groups is 1. The maximum Gasteiger partial charge on any atom is 0.266 e. The number of piperazine rings is 1. The Labute approximate surface area is 208 Å². The predicted octanol–water partition coefficient (Wildman–Crippen LogP) is 4.93. The summed E-state index contributed by atoms with van der Waals surface area (Å²) in [5.74, 6) is 1.26. The van der Waals surface area contributed by atoms with Crippen LogP contribution in [0.15, 0.2) is 57.8 Å². The summed E-state index contributed by atoms with van der Waals surface area (Å²) in [6.07, 6.45) is 4.40. The van der Waals surface area contributed by atoms with Gasteiger partial charge in [0, 0.05) is 36.1 Å². The first-order valence-corrected chi connectivity index (χ1v) is 13.1. The molecule has 2 fully saturated rings. The second-order valence-electron chi connectivity index (χ2n) is 9.64. The topological polar surface area (TPSA) is 58.4 Å². The number of carbonyl (C=O) groups excluding carboxylic acids is 1. The van der Waals surface area contributed by atoms with Gasteiger partial charge < -0.3 is 4.90 Å². The molecule has 0 bridgehead atoms. The second-order valence-corrected chi connectivity index (χ2v) is 10.6. The zero-order chi connectivity index (χ0) is 23.8. The first-order chi connectivity index (χ1) is 16.4. The summed E-state index contributed by atoms with van der Waals surface area (Å²) >= 11 is 3.49. The fraction of sp³-hybridized carbons (Fsp3) is 0.444. The summed E-state index contributed by atoms with van der Waals surface area (Å²) in [6.45, 7) is 6.51. The molecule has 178 valence electrons. The summed E-state index contributed by atoms with van der Waals surface area (Å²) in [6, 6.07) is 15.4. The van der Waals surface area contributed by atoms with Crippen LogP contribution in [0.3, 0.4) is 0 Å². The molecule has 2 aromatic carbocycles. The Balaban J connectivity index is 1.48. The van der Waals surface area contributed by atoms with Crippen LogP contribution in [0.2, 0.25) is 0 Å². The number of fused-ring (bicyclic) bond motifs is 1. The van der Waals surface area contributed by atoms with Crippen molar-refractivity contribution in [3.63, 3.8) is 0 Å². The van der Waals surface area contributed by atoms with Crippen molar-refractivity contribution in [2.75, 3.05) is 19.6 Å². The molecule has 1 saturated carbocycles. The molecule has 1 amide bonds. The highest BCUT2D eigenvalue weighted by Gasteiger charge is 2.35. The van der Waals surface area contributed by atoms with Gasteiger partial charge in [0.25, 0.3) is 5.56 Å². The first kappa shape index (κ1) is 23.2. The smallest absolute Gasteiger partial charge is 0.266 e. The minimum absolute atomic E-state index is 0.0575. The average Bonchev–Trinajstić information content (AvgIpc) is 3.39. The standard InChI is InChI=1S/C27H31BrN4O2/c1-18-17-30(15-16-31(18)26(33)20-7-3-4-8-20)19(2)25-29-24-10-6-5-9-23(24)27(34)32(25)22-13-11-21(28)12-14-22/h5-6,9-14,18-20H,3-4,7-8,15-17H2,1-2H3. The lowest BCUT2D eigenvalue weighted by molar-refractivity contribution is -0.140. The summed E-state index contributed by atoms with van der Waals surface area (Å²) < 4.78 is 2.71. The predicted molar refractivity (Wildman–Crippen MR) is 138 cm³/mol. The molecule has 3 aromatic rings. The van der Waals surface area contributed by atoms with Crippen LogP contribution in [-0.2, 0) is 4.79 Å². The zero-order valence-corrected chi connectivity index (χ0v) is 21.4. The van der Waals surface area contributed by atoms with Crippen LogP contribution in [0.25, 0.3) is 16.6 Å². The monoisotopic (exact) mass is 522 g/mol. The van der Waals surface area contributed by atoms with E-state index in [0.717, 1.165) is 48.5 Å². The van der Waals surface area contributed by atoms with Gasteiger partial charge >= 0.3 is 0 Å². The third kappa shape index (κ3) is 4.31. The third-order valence-corrected chi connectivity index (χ3v) is 7.98. The molecule has 2 unspecified atom stereocenters. The van der Waals surface area contributed by atoms with E-state index in [2.05, 4.69) is 39.6 Å². The second kappa shape index (κ2) is 9.62. The van der Waals surface area contributed by atoms with Crippen LogP contribution in [0, 0.1) is 5.92 Å². The minimum Gasteiger partial charge on any atom is -0.337 e. The molecule has 0 N–H and O–H groups in total. The third-order valence-electron chi connectivity index (χ3n) is 7.45. The first-order valence-electron chi connectivity index (χ1n) is 12.3. The van der Waals surface area contributed by atoms with Gasteiger partial charge in [-0.25, -0.2) is 4.98 Å². The number of rotatable bonds is 4. The van der Waals surface area contributed by atoms with Crippen LogP contribution >= 0.6 is 15.9 Å². The van der Waals surface area contributed by atoms with Gasteiger partial charge in [0.2, 0.25) is 5.91 Å². The highest BCUT2D eigenvalue weighted by molar-refractivity contribution is 9.10. The van der Waals surface area contributed by atoms with E-state index < -0.39 is 0 Å². The largest absolute Gasteiger partial charge is 0.337 e. The van der Waals surface area contributed by atoms with Crippen molar-refractivity contribution in [2.24, 2.45) is 5.92 Å². The van der Waals surface area contributed by atoms with E-state index in [1.807, 2.05) is 48.5 Å². The van der Waals surface area contributed by atoms with Crippen molar-refractivity contribution in [2.45, 2.75) is 51.6 Å². The van der Waals surface area contributed by atoms with E-state index in [9.17, 15) is 9.59 Å². The molecule has 1 aliphatic carbocycles. The van der Waals surface area contributed by atoms with Crippen LogP contribution < -0.4 is 5.56 Å². The van der Waals surface area contributed by atoms with Crippen LogP contribution in [-0.4, -0.2) is 50.9 Å². The summed E-state index contributed by atoms with van der Waals surface area (Å²) in [5.41, 5.74) is 1.46. The molecule has 0 spiro atoms. The Kier molecular flexibility index (Phi) is 6.58. The van der Waals surface area contributed by atoms with Crippen molar-refractivity contribution >= 4 is 32.7 Å². The average molecular weight is 523 g/mol. The fourth-order valence-electron chi connectivity index (χ4n) is 5.51. The van der Waals surface area contributed by atoms with Crippen LogP contribution in [0.4, 0.5) is 0 Å². The molecule has 2 heterocycles. The van der Waals surface area contributed by atoms with Crippen molar-refractivity contribution < 1.29 is 4.79 Å². The summed E-state index contributed by atoms with van der Waals surface area (Å²) in [7, 11) is 0. The molecular weight excluding hydrogens is 492 g/mol. The van der Waals surface area contributed by atoms with E-state index in [0.29, 0.717) is 16.8 Å². The number of aromatic nitrogens is 2. The van der Waals surface area contributed by atoms with Gasteiger partial charge in [0.1, 0.15) is 5.82 Å². The van der Waals surface area contributed by atoms with Crippen molar-refractivity contribution in [1.29, 1.82) is 0 Å². The Bertz CT molecular complexity index is 1250. The zero-order valence-electron chi connectivity index (χ0n) is 19.8. The molecule has 5 rings (SSSR count). The molecule has 1 aromatic heterocycles. The van der Waals surface area contributed by atoms with Crippen molar-refractivity contribution in [3.05, 3.63) is 69.2 Å². The summed E-state index contributed by atoms with van der Waals surface area (Å²) in [5, 5.41) is 0.613. The maximum absolute atomic E-state index is 13.6. The van der Waals surface area contributed by atoms with E-state index in [-0.39, 0.29) is 23.6 Å². The molecule has 34 heavy (non-hydrogen) atoms. The number of hydrogen-bond donors (Lipinski definition) is 0. The van der Waals surface area contributed by atoms with Crippen molar-refractivity contribution in [3.8, 4) is 5.69 Å². The lowest BCUT2D eigenvalue weighted by Crippen LogP contribution is -2.55. The Hall–Kier alpha value is -2.51. The Morgan fingerprint density at radius 2 is 1.76 bits per heavy atom. The molecular formula is C27H31BrN4O2. The van der Waals surface area contributed by atoms with E-state index in [1.165, 1.54) is 12.8 Å². The van der Waals surface area contributed by atoms with Gasteiger partial charge in [0.15, 0.2) is 0 Å². The lowest BCUT2D eigenvalue weighted by Gasteiger charge is -2.43. The van der Waals surface area contributed by atoms with E-state index >= 15 is 0 Å². The van der Waals surface area contributed by atoms with Gasteiger partial charge in [-0.1, -0.05) is 40.9 Å². The van der Waals surface area contributed by atoms with Gasteiger partial charge in [0.05, 0.1) is 22.6 Å². The van der Waals surface area contributed by atoms with Gasteiger partial charge in [-0.15, -0.1) is 0 Å². The molecule has 1 saturated heterocycles. The van der Waals surface area contributed by atoms with Gasteiger partial charge in [-0.3, -0.25) is 19.1 Å². The summed E-state index contributed by atoms with van der Waals surface area (Å²) in [4.78, 5) is 36.1. The van der Waals surface area contributed by atoms with Gasteiger partial charge in [-0.2, -0.15) is 0 Å². The number of hydrogen-bond acceptors (Lipinski definition) is 4. The number of amides is 1. The highest BCUT2D eigenvalue weighted by atomic mass is 79.9. The number of para-hydroxylation sites is 1. The quantitative estimate of drug-likeness (QED) is 0.487. The fourth-order valence-corrected chi connectivity index (χ4v) is 5.77. The Morgan fingerprint density at radius 1 is 1.06 bits per heavy atom. The molecule has 1 aliphatic heterocycles. The number of benzene rings is 2. The van der Waals surface area contributed by atoms with Gasteiger partial charge in [-0.05, 0) is 63.1 Å². The SMILES string of the molecule is CC(c1nc2ccccc2c(=O)n1-c1ccc(Br)cc1)N1CCN(C(=O)C2CCCC2)C(C)C1. The maximum atomic E-state index is 13.6. The number of halogens is 1. The van der Waals surface area contributed by atoms with E-state index in [1.54, 1.807) is 4.57 Å². The van der Waals surface area contributed by atoms with Crippen LogP contribution in [0.5, 0.6) is 0 Å². The van der Waals surface area contributed by atoms with Crippen molar-refractivity contribution in [1.82, 2.24) is 19.4 Å². The Morgan fingerprint density at radius 3 is 2.47 bits per heavy atom. The molecule has 7 heteroatoms. The minimum atomic E-state index is -0.0767. The normalized spacial score (nSPS) is 20.7. The molecule has 2 aliphatic rings. The lowest BCUT2D eigenvalue weighted by atomic mass is 10.0.